The molecule has 1 saturated heterocycles. The molecule has 1 atom stereocenters. The van der Waals surface area contributed by atoms with Crippen molar-refractivity contribution in [2.24, 2.45) is 12.1 Å². The van der Waals surface area contributed by atoms with Crippen molar-refractivity contribution < 1.29 is 0 Å². The maximum Gasteiger partial charge on any atom is 0.332 e. The molecular formula is C21H31N7O2. The maximum absolute atomic E-state index is 13.3. The number of likely N-dealkylation sites (tertiary alicyclic amines) is 1. The van der Waals surface area contributed by atoms with E-state index in [1.54, 1.807) is 7.05 Å². The molecule has 2 aliphatic heterocycles. The molecule has 9 nitrogen and oxygen atoms in total. The molecule has 9 heteroatoms. The van der Waals surface area contributed by atoms with Gasteiger partial charge < -0.3 is 4.90 Å². The van der Waals surface area contributed by atoms with Crippen molar-refractivity contribution in [3.05, 3.63) is 33.0 Å². The minimum Gasteiger partial charge on any atom is -0.301 e. The van der Waals surface area contributed by atoms with Crippen LogP contribution >= 0.6 is 0 Å². The molecule has 4 heterocycles. The number of anilines is 1. The first-order valence-electron chi connectivity index (χ1n) is 10.8. The SMILES string of the molecule is C/C=C/Cn1c(=O)c2c(nc3n2[C@H](C)C(C)=NN3CCN2CCCCC2)n(C)c1=O. The van der Waals surface area contributed by atoms with Gasteiger partial charge in [0, 0.05) is 20.1 Å². The van der Waals surface area contributed by atoms with Gasteiger partial charge in [-0.1, -0.05) is 18.6 Å². The van der Waals surface area contributed by atoms with E-state index in [-0.39, 0.29) is 23.8 Å². The molecule has 0 saturated carbocycles. The summed E-state index contributed by atoms with van der Waals surface area (Å²) in [6, 6.07) is -0.100. The van der Waals surface area contributed by atoms with E-state index in [0.29, 0.717) is 23.7 Å². The highest BCUT2D eigenvalue weighted by Gasteiger charge is 2.30. The van der Waals surface area contributed by atoms with Crippen LogP contribution in [0.5, 0.6) is 0 Å². The molecule has 2 aromatic rings. The van der Waals surface area contributed by atoms with Crippen LogP contribution in [0.25, 0.3) is 11.2 Å². The van der Waals surface area contributed by atoms with Gasteiger partial charge in [0.15, 0.2) is 11.2 Å². The van der Waals surface area contributed by atoms with E-state index in [4.69, 9.17) is 10.1 Å². The van der Waals surface area contributed by atoms with Crippen molar-refractivity contribution in [3.8, 4) is 0 Å². The van der Waals surface area contributed by atoms with Crippen LogP contribution in [0.1, 0.15) is 46.1 Å². The zero-order chi connectivity index (χ0) is 21.4. The average Bonchev–Trinajstić information content (AvgIpc) is 3.16. The van der Waals surface area contributed by atoms with Gasteiger partial charge in [-0.15, -0.1) is 0 Å². The summed E-state index contributed by atoms with van der Waals surface area (Å²) in [5, 5.41) is 6.66. The van der Waals surface area contributed by atoms with E-state index in [1.165, 1.54) is 28.4 Å². The summed E-state index contributed by atoms with van der Waals surface area (Å²) in [7, 11) is 1.67. The third-order valence-corrected chi connectivity index (χ3v) is 6.26. The molecule has 0 N–H and O–H groups in total. The number of imidazole rings is 1. The third kappa shape index (κ3) is 3.40. The van der Waals surface area contributed by atoms with Crippen molar-refractivity contribution in [1.29, 1.82) is 0 Å². The number of fused-ring (bicyclic) bond motifs is 3. The Bertz CT molecular complexity index is 1120. The second-order valence-electron chi connectivity index (χ2n) is 8.22. The first kappa shape index (κ1) is 20.6. The van der Waals surface area contributed by atoms with Crippen molar-refractivity contribution >= 4 is 22.8 Å². The molecule has 0 aromatic carbocycles. The molecule has 0 bridgehead atoms. The Hall–Kier alpha value is -2.68. The van der Waals surface area contributed by atoms with E-state index in [2.05, 4.69) is 4.90 Å². The number of aromatic nitrogens is 4. The highest BCUT2D eigenvalue weighted by molar-refractivity contribution is 5.91. The number of hydrogen-bond donors (Lipinski definition) is 0. The number of rotatable bonds is 5. The molecule has 2 aromatic heterocycles. The monoisotopic (exact) mass is 413 g/mol. The molecule has 162 valence electrons. The zero-order valence-electron chi connectivity index (χ0n) is 18.3. The first-order chi connectivity index (χ1) is 14.4. The minimum absolute atomic E-state index is 0.100. The summed E-state index contributed by atoms with van der Waals surface area (Å²) in [5.41, 5.74) is 1.14. The summed E-state index contributed by atoms with van der Waals surface area (Å²) >= 11 is 0. The molecule has 1 fully saturated rings. The lowest BCUT2D eigenvalue weighted by Crippen LogP contribution is -2.41. The van der Waals surface area contributed by atoms with Gasteiger partial charge >= 0.3 is 5.69 Å². The van der Waals surface area contributed by atoms with E-state index in [9.17, 15) is 9.59 Å². The van der Waals surface area contributed by atoms with Crippen molar-refractivity contribution in [1.82, 2.24) is 23.6 Å². The highest BCUT2D eigenvalue weighted by Crippen LogP contribution is 2.29. The molecular weight excluding hydrogens is 382 g/mol. The third-order valence-electron chi connectivity index (χ3n) is 6.26. The summed E-state index contributed by atoms with van der Waals surface area (Å²) in [5.74, 6) is 0.635. The normalized spacial score (nSPS) is 20.2. The number of hydrogen-bond acceptors (Lipinski definition) is 6. The zero-order valence-corrected chi connectivity index (χ0v) is 18.3. The predicted molar refractivity (Wildman–Crippen MR) is 120 cm³/mol. The Morgan fingerprint density at radius 1 is 1.13 bits per heavy atom. The fraction of sp³-hybridized carbons (Fsp3) is 0.619. The van der Waals surface area contributed by atoms with Gasteiger partial charge in [-0.2, -0.15) is 10.1 Å². The van der Waals surface area contributed by atoms with E-state index < -0.39 is 0 Å². The Morgan fingerprint density at radius 3 is 2.57 bits per heavy atom. The summed E-state index contributed by atoms with van der Waals surface area (Å²) < 4.78 is 4.68. The van der Waals surface area contributed by atoms with Crippen LogP contribution in [0, 0.1) is 0 Å². The van der Waals surface area contributed by atoms with Gasteiger partial charge in [-0.05, 0) is 46.7 Å². The lowest BCUT2D eigenvalue weighted by atomic mass is 10.1. The Labute approximate surface area is 175 Å². The molecule has 4 rings (SSSR count). The lowest BCUT2D eigenvalue weighted by molar-refractivity contribution is 0.233. The van der Waals surface area contributed by atoms with Gasteiger partial charge in [-0.3, -0.25) is 18.5 Å². The van der Waals surface area contributed by atoms with Gasteiger partial charge in [0.25, 0.3) is 5.56 Å². The number of hydrazone groups is 1. The molecule has 0 amide bonds. The van der Waals surface area contributed by atoms with E-state index >= 15 is 0 Å². The van der Waals surface area contributed by atoms with Gasteiger partial charge in [0.2, 0.25) is 5.95 Å². The first-order valence-corrected chi connectivity index (χ1v) is 10.8. The fourth-order valence-corrected chi connectivity index (χ4v) is 4.32. The maximum atomic E-state index is 13.3. The Balaban J connectivity index is 1.80. The lowest BCUT2D eigenvalue weighted by Gasteiger charge is -2.32. The summed E-state index contributed by atoms with van der Waals surface area (Å²) in [6.07, 6.45) is 7.43. The topological polar surface area (TPSA) is 80.7 Å². The molecule has 0 radical (unpaired) electrons. The van der Waals surface area contributed by atoms with Crippen LogP contribution in [-0.2, 0) is 13.6 Å². The van der Waals surface area contributed by atoms with E-state index in [1.807, 2.05) is 42.5 Å². The second-order valence-corrected chi connectivity index (χ2v) is 8.22. The quantitative estimate of drug-likeness (QED) is 0.697. The van der Waals surface area contributed by atoms with Gasteiger partial charge in [0.1, 0.15) is 0 Å². The van der Waals surface area contributed by atoms with Gasteiger partial charge in [-0.25, -0.2) is 9.80 Å². The van der Waals surface area contributed by atoms with Crippen LogP contribution in [0.15, 0.2) is 26.8 Å². The van der Waals surface area contributed by atoms with Crippen LogP contribution < -0.4 is 16.3 Å². The Kier molecular flexibility index (Phi) is 5.64. The van der Waals surface area contributed by atoms with Crippen LogP contribution in [0.4, 0.5) is 5.95 Å². The van der Waals surface area contributed by atoms with Crippen LogP contribution in [0.2, 0.25) is 0 Å². The minimum atomic E-state index is -0.355. The van der Waals surface area contributed by atoms with Crippen LogP contribution in [-0.4, -0.2) is 55.5 Å². The summed E-state index contributed by atoms with van der Waals surface area (Å²) in [4.78, 5) is 33.2. The smallest absolute Gasteiger partial charge is 0.301 e. The van der Waals surface area contributed by atoms with Crippen molar-refractivity contribution in [3.63, 3.8) is 0 Å². The second kappa shape index (κ2) is 8.22. The van der Waals surface area contributed by atoms with Crippen LogP contribution in [0.3, 0.4) is 0 Å². The van der Waals surface area contributed by atoms with E-state index in [0.717, 1.165) is 25.3 Å². The molecule has 0 aliphatic carbocycles. The van der Waals surface area contributed by atoms with Crippen molar-refractivity contribution in [2.75, 3.05) is 31.2 Å². The van der Waals surface area contributed by atoms with Gasteiger partial charge in [0.05, 0.1) is 18.3 Å². The standard InChI is InChI=1S/C21H31N7O2/c1-5-6-12-26-19(29)17-18(24(4)21(26)30)22-20-27(23-15(2)16(3)28(17)20)14-13-25-10-8-7-9-11-25/h5-6,16H,7-14H2,1-4H3/b6-5+/t16-/m1/s1. The average molecular weight is 414 g/mol. The number of nitrogens with zero attached hydrogens (tertiary/aromatic N) is 7. The molecule has 0 unspecified atom stereocenters. The predicted octanol–water partition coefficient (Wildman–Crippen LogP) is 1.72. The fourth-order valence-electron chi connectivity index (χ4n) is 4.32. The Morgan fingerprint density at radius 2 is 1.87 bits per heavy atom. The largest absolute Gasteiger partial charge is 0.332 e. The number of piperidine rings is 1. The molecule has 30 heavy (non-hydrogen) atoms. The number of allylic oxidation sites excluding steroid dienone is 2. The van der Waals surface area contributed by atoms with Crippen molar-refractivity contribution in [2.45, 2.75) is 52.6 Å². The highest BCUT2D eigenvalue weighted by atomic mass is 16.2. The summed E-state index contributed by atoms with van der Waals surface area (Å²) in [6.45, 7) is 9.96. The molecule has 2 aliphatic rings. The molecule has 0 spiro atoms. The number of aryl methyl sites for hydroxylation is 1.